The van der Waals surface area contributed by atoms with Crippen molar-refractivity contribution in [2.75, 3.05) is 13.1 Å². The van der Waals surface area contributed by atoms with Gasteiger partial charge in [-0.05, 0) is 39.0 Å². The van der Waals surface area contributed by atoms with Gasteiger partial charge < -0.3 is 19.7 Å². The fourth-order valence-electron chi connectivity index (χ4n) is 4.28. The van der Waals surface area contributed by atoms with Gasteiger partial charge >= 0.3 is 12.1 Å². The lowest BCUT2D eigenvalue weighted by molar-refractivity contribution is -0.129. The van der Waals surface area contributed by atoms with Crippen LogP contribution < -0.4 is 15.4 Å². The summed E-state index contributed by atoms with van der Waals surface area (Å²) in [5.74, 6) is 0.196. The van der Waals surface area contributed by atoms with E-state index >= 15 is 0 Å². The van der Waals surface area contributed by atoms with E-state index in [1.807, 2.05) is 32.9 Å². The second kappa shape index (κ2) is 6.62. The van der Waals surface area contributed by atoms with Gasteiger partial charge in [0.2, 0.25) is 0 Å². The number of imide groups is 1. The van der Waals surface area contributed by atoms with Crippen LogP contribution in [0.3, 0.4) is 0 Å². The highest BCUT2D eigenvalue weighted by Gasteiger charge is 2.58. The predicted molar refractivity (Wildman–Crippen MR) is 108 cm³/mol. The number of carbonyl (C=O) groups excluding carboxylic acids is 3. The summed E-state index contributed by atoms with van der Waals surface area (Å²) in [5, 5.41) is 5.20. The Hall–Kier alpha value is -2.29. The van der Waals surface area contributed by atoms with Crippen LogP contribution in [0.15, 0.2) is 22.7 Å². The molecule has 156 valence electrons. The van der Waals surface area contributed by atoms with Crippen LogP contribution in [0.1, 0.15) is 45.6 Å². The largest absolute Gasteiger partial charge is 0.487 e. The van der Waals surface area contributed by atoms with E-state index < -0.39 is 22.8 Å². The van der Waals surface area contributed by atoms with Gasteiger partial charge in [-0.2, -0.15) is 0 Å². The summed E-state index contributed by atoms with van der Waals surface area (Å²) >= 11 is 3.43. The molecule has 9 heteroatoms. The summed E-state index contributed by atoms with van der Waals surface area (Å²) in [6.45, 7) is 6.40. The van der Waals surface area contributed by atoms with Crippen molar-refractivity contribution >= 4 is 34.0 Å². The van der Waals surface area contributed by atoms with Crippen LogP contribution in [0, 0.1) is 0 Å². The number of ether oxygens (including phenoxy) is 2. The minimum Gasteiger partial charge on any atom is -0.487 e. The summed E-state index contributed by atoms with van der Waals surface area (Å²) in [4.78, 5) is 38.9. The molecule has 1 unspecified atom stereocenters. The monoisotopic (exact) mass is 465 g/mol. The number of carbonyl (C=O) groups is 3. The van der Waals surface area contributed by atoms with E-state index in [1.165, 1.54) is 0 Å². The maximum Gasteiger partial charge on any atom is 0.410 e. The van der Waals surface area contributed by atoms with Crippen LogP contribution in [-0.4, -0.2) is 47.2 Å². The average molecular weight is 466 g/mol. The molecule has 29 heavy (non-hydrogen) atoms. The molecule has 0 aliphatic carbocycles. The Morgan fingerprint density at radius 2 is 1.93 bits per heavy atom. The van der Waals surface area contributed by atoms with Gasteiger partial charge in [-0.1, -0.05) is 15.9 Å². The minimum atomic E-state index is -1.18. The Labute approximate surface area is 177 Å². The molecule has 8 nitrogen and oxygen atoms in total. The lowest BCUT2D eigenvalue weighted by atomic mass is 9.72. The van der Waals surface area contributed by atoms with E-state index in [0.29, 0.717) is 43.7 Å². The van der Waals surface area contributed by atoms with Gasteiger partial charge in [0.15, 0.2) is 5.54 Å². The quantitative estimate of drug-likeness (QED) is 0.573. The van der Waals surface area contributed by atoms with Crippen molar-refractivity contribution in [1.29, 1.82) is 0 Å². The van der Waals surface area contributed by atoms with Gasteiger partial charge in [0.25, 0.3) is 5.91 Å². The summed E-state index contributed by atoms with van der Waals surface area (Å²) in [7, 11) is 0. The normalized spacial score (nSPS) is 25.3. The summed E-state index contributed by atoms with van der Waals surface area (Å²) in [6, 6.07) is 4.95. The Balaban J connectivity index is 1.61. The van der Waals surface area contributed by atoms with Crippen molar-refractivity contribution in [3.63, 3.8) is 0 Å². The van der Waals surface area contributed by atoms with Gasteiger partial charge in [0.05, 0.1) is 0 Å². The molecule has 2 fully saturated rings. The summed E-state index contributed by atoms with van der Waals surface area (Å²) in [5.41, 5.74) is -1.76. The minimum absolute atomic E-state index is 0.309. The van der Waals surface area contributed by atoms with Crippen LogP contribution in [0.2, 0.25) is 0 Å². The topological polar surface area (TPSA) is 97.0 Å². The zero-order chi connectivity index (χ0) is 21.0. The SMILES string of the molecule is CC(C)(C)OC(=O)N1CCC2(CC1)CC1(NC(=O)NC1=O)c1cc(Br)ccc1O2. The number of urea groups is 1. The number of rotatable bonds is 0. The van der Waals surface area contributed by atoms with Gasteiger partial charge in [0, 0.05) is 42.4 Å². The molecule has 2 spiro atoms. The first kappa shape index (κ1) is 20.0. The highest BCUT2D eigenvalue weighted by molar-refractivity contribution is 9.10. The fourth-order valence-corrected chi connectivity index (χ4v) is 4.64. The first-order chi connectivity index (χ1) is 13.5. The van der Waals surface area contributed by atoms with Gasteiger partial charge in [0.1, 0.15) is 17.0 Å². The number of amides is 4. The maximum absolute atomic E-state index is 12.8. The van der Waals surface area contributed by atoms with Crippen molar-refractivity contribution in [3.8, 4) is 5.75 Å². The maximum atomic E-state index is 12.8. The molecule has 2 N–H and O–H groups in total. The molecule has 0 saturated carbocycles. The third-order valence-electron chi connectivity index (χ3n) is 5.58. The predicted octanol–water partition coefficient (Wildman–Crippen LogP) is 3.04. The first-order valence-electron chi connectivity index (χ1n) is 9.63. The molecule has 3 aliphatic rings. The van der Waals surface area contributed by atoms with Crippen LogP contribution in [0.5, 0.6) is 5.75 Å². The van der Waals surface area contributed by atoms with Gasteiger partial charge in [-0.25, -0.2) is 9.59 Å². The second-order valence-electron chi connectivity index (χ2n) is 8.88. The average Bonchev–Trinajstić information content (AvgIpc) is 2.88. The third kappa shape index (κ3) is 3.56. The number of nitrogens with one attached hydrogen (secondary N) is 2. The van der Waals surface area contributed by atoms with E-state index in [1.54, 1.807) is 11.0 Å². The molecule has 0 radical (unpaired) electrons. The van der Waals surface area contributed by atoms with E-state index in [0.717, 1.165) is 4.47 Å². The number of halogens is 1. The lowest BCUT2D eigenvalue weighted by Crippen LogP contribution is -2.59. The number of benzene rings is 1. The molecule has 0 bridgehead atoms. The van der Waals surface area contributed by atoms with E-state index in [4.69, 9.17) is 9.47 Å². The highest BCUT2D eigenvalue weighted by atomic mass is 79.9. The molecule has 2 saturated heterocycles. The van der Waals surface area contributed by atoms with E-state index in [2.05, 4.69) is 26.6 Å². The summed E-state index contributed by atoms with van der Waals surface area (Å²) < 4.78 is 12.6. The number of fused-ring (bicyclic) bond motifs is 2. The van der Waals surface area contributed by atoms with Gasteiger partial charge in [-0.3, -0.25) is 10.1 Å². The van der Waals surface area contributed by atoms with E-state index in [9.17, 15) is 14.4 Å². The van der Waals surface area contributed by atoms with Crippen molar-refractivity contribution in [2.45, 2.75) is 56.8 Å². The van der Waals surface area contributed by atoms with Crippen LogP contribution in [0.25, 0.3) is 0 Å². The zero-order valence-electron chi connectivity index (χ0n) is 16.6. The molecular formula is C20H24BrN3O5. The van der Waals surface area contributed by atoms with Crippen LogP contribution in [-0.2, 0) is 15.1 Å². The van der Waals surface area contributed by atoms with Crippen molar-refractivity contribution in [2.24, 2.45) is 0 Å². The lowest BCUT2D eigenvalue weighted by Gasteiger charge is -2.49. The Bertz CT molecular complexity index is 889. The molecule has 4 amide bonds. The number of likely N-dealkylation sites (tertiary alicyclic amines) is 1. The molecule has 1 aromatic carbocycles. The Kier molecular flexibility index (Phi) is 4.56. The summed E-state index contributed by atoms with van der Waals surface area (Å²) in [6.07, 6.45) is 1.02. The highest BCUT2D eigenvalue weighted by Crippen LogP contribution is 2.49. The molecule has 0 aromatic heterocycles. The molecule has 3 aliphatic heterocycles. The van der Waals surface area contributed by atoms with Crippen molar-refractivity contribution in [3.05, 3.63) is 28.2 Å². The molecular weight excluding hydrogens is 442 g/mol. The fraction of sp³-hybridized carbons (Fsp3) is 0.550. The molecule has 4 rings (SSSR count). The number of hydrogen-bond acceptors (Lipinski definition) is 5. The molecule has 1 atom stereocenters. The molecule has 3 heterocycles. The zero-order valence-corrected chi connectivity index (χ0v) is 18.2. The smallest absolute Gasteiger partial charge is 0.410 e. The Morgan fingerprint density at radius 3 is 2.52 bits per heavy atom. The van der Waals surface area contributed by atoms with Crippen molar-refractivity contribution < 1.29 is 23.9 Å². The first-order valence-corrected chi connectivity index (χ1v) is 10.4. The second-order valence-corrected chi connectivity index (χ2v) is 9.80. The third-order valence-corrected chi connectivity index (χ3v) is 6.08. The number of nitrogens with zero attached hydrogens (tertiary/aromatic N) is 1. The van der Waals surface area contributed by atoms with Gasteiger partial charge in [-0.15, -0.1) is 0 Å². The molecule has 1 aromatic rings. The Morgan fingerprint density at radius 1 is 1.24 bits per heavy atom. The van der Waals surface area contributed by atoms with Crippen LogP contribution in [0.4, 0.5) is 9.59 Å². The van der Waals surface area contributed by atoms with E-state index in [-0.39, 0.29) is 12.0 Å². The number of hydrogen-bond donors (Lipinski definition) is 2. The van der Waals surface area contributed by atoms with Crippen molar-refractivity contribution in [1.82, 2.24) is 15.5 Å². The standard InChI is InChI=1S/C20H24BrN3O5/c1-18(2,3)29-17(27)24-8-6-19(7-9-24)11-20(15(25)22-16(26)23-20)13-10-12(21)4-5-14(13)28-19/h4-5,10H,6-9,11H2,1-3H3,(H2,22,23,25,26). The number of piperidine rings is 1. The van der Waals surface area contributed by atoms with Crippen LogP contribution >= 0.6 is 15.9 Å².